The summed E-state index contributed by atoms with van der Waals surface area (Å²) in [6.45, 7) is 2.92. The van der Waals surface area contributed by atoms with Crippen LogP contribution in [0.2, 0.25) is 0 Å². The average Bonchev–Trinajstić information content (AvgIpc) is 3.76. The zero-order valence-corrected chi connectivity index (χ0v) is 24.4. The number of fused-ring (bicyclic) bond motifs is 3. The van der Waals surface area contributed by atoms with Crippen LogP contribution < -0.4 is 5.56 Å². The van der Waals surface area contributed by atoms with E-state index >= 15 is 0 Å². The highest BCUT2D eigenvalue weighted by molar-refractivity contribution is 9.18. The molecule has 5 aromatic rings. The van der Waals surface area contributed by atoms with Crippen LogP contribution in [0.4, 0.5) is 19.0 Å². The van der Waals surface area contributed by atoms with E-state index in [9.17, 15) is 18.0 Å². The summed E-state index contributed by atoms with van der Waals surface area (Å²) in [5.74, 6) is 0.261. The van der Waals surface area contributed by atoms with E-state index in [2.05, 4.69) is 53.2 Å². The highest BCUT2D eigenvalue weighted by Gasteiger charge is 2.38. The van der Waals surface area contributed by atoms with Gasteiger partial charge in [0.15, 0.2) is 0 Å². The zero-order chi connectivity index (χ0) is 30.7. The number of carboxylic acid groups (broad SMARTS) is 1. The van der Waals surface area contributed by atoms with E-state index in [0.29, 0.717) is 60.4 Å². The molecule has 0 bridgehead atoms. The van der Waals surface area contributed by atoms with Crippen molar-refractivity contribution in [1.29, 1.82) is 0 Å². The number of H-pyrrole nitrogens is 1. The van der Waals surface area contributed by atoms with Crippen molar-refractivity contribution in [3.05, 3.63) is 58.1 Å². The number of carbonyl (C=O) groups is 1. The third-order valence-corrected chi connectivity index (χ3v) is 7.25. The van der Waals surface area contributed by atoms with E-state index in [1.165, 1.54) is 0 Å². The van der Waals surface area contributed by atoms with Gasteiger partial charge in [0, 0.05) is 48.5 Å². The summed E-state index contributed by atoms with van der Waals surface area (Å²) in [5.41, 5.74) is 2.57. The summed E-state index contributed by atoms with van der Waals surface area (Å²) < 4.78 is 41.7. The maximum Gasteiger partial charge on any atom is 0.490 e. The number of aliphatic carboxylic acids is 1. The number of benzene rings is 1. The monoisotopic (exact) mass is 662 g/mol. The number of aliphatic imine (C=N–C) groups is 1. The molecule has 0 spiro atoms. The number of aromatic amines is 1. The number of alkyl halides is 3. The maximum atomic E-state index is 13.3. The summed E-state index contributed by atoms with van der Waals surface area (Å²) in [6.07, 6.45) is 2.38. The Morgan fingerprint density at radius 2 is 1.95 bits per heavy atom. The van der Waals surface area contributed by atoms with Gasteiger partial charge in [0.25, 0.3) is 5.56 Å². The molecular weight excluding hydrogens is 637 g/mol. The number of nitrogens with zero attached hydrogens (tertiary/aromatic N) is 7. The number of aromatic nitrogens is 7. The number of rotatable bonds is 9. The fraction of sp³-hybridized carbons (Fsp3) is 0.370. The van der Waals surface area contributed by atoms with Crippen molar-refractivity contribution in [1.82, 2.24) is 34.3 Å². The van der Waals surface area contributed by atoms with Crippen LogP contribution in [0, 0.1) is 0 Å². The van der Waals surface area contributed by atoms with Crippen molar-refractivity contribution in [2.45, 2.75) is 64.6 Å². The third-order valence-electron chi connectivity index (χ3n) is 6.79. The molecule has 4 aromatic heterocycles. The molecule has 0 atom stereocenters. The number of hydrogen-bond donors (Lipinski definition) is 2. The van der Waals surface area contributed by atoms with Gasteiger partial charge in [-0.2, -0.15) is 18.2 Å². The first-order valence-corrected chi connectivity index (χ1v) is 14.3. The van der Waals surface area contributed by atoms with Gasteiger partial charge in [0.05, 0.1) is 10.2 Å². The molecule has 0 unspecified atom stereocenters. The summed E-state index contributed by atoms with van der Waals surface area (Å²) in [4.78, 5) is 34.6. The molecule has 0 saturated carbocycles. The smallest absolute Gasteiger partial charge is 0.475 e. The SMILES string of the molecule is CCCCCn1c2c(c(=O)n3c(CCCc4nc(-c5ccc6[nH]ccc6c5)no4)nnc13)CC(Br)=N2.O=C(O)C(F)(F)F. The molecule has 0 amide bonds. The summed E-state index contributed by atoms with van der Waals surface area (Å²) in [7, 11) is 0. The third kappa shape index (κ3) is 6.53. The minimum atomic E-state index is -5.08. The Hall–Kier alpha value is -4.34. The van der Waals surface area contributed by atoms with Gasteiger partial charge in [-0.3, -0.25) is 9.36 Å². The minimum absolute atomic E-state index is 0.0924. The van der Waals surface area contributed by atoms with Crippen molar-refractivity contribution in [3.63, 3.8) is 0 Å². The number of hydrogen-bond acceptors (Lipinski definition) is 8. The van der Waals surface area contributed by atoms with Crippen molar-refractivity contribution in [2.24, 2.45) is 4.99 Å². The first-order valence-electron chi connectivity index (χ1n) is 13.5. The van der Waals surface area contributed by atoms with Gasteiger partial charge in [-0.25, -0.2) is 14.2 Å². The number of unbranched alkanes of at least 4 members (excludes halogenated alkanes) is 2. The molecule has 1 aliphatic rings. The van der Waals surface area contributed by atoms with Crippen molar-refractivity contribution < 1.29 is 27.6 Å². The molecule has 6 rings (SSSR count). The van der Waals surface area contributed by atoms with Crippen LogP contribution in [0.1, 0.15) is 49.9 Å². The average molecular weight is 663 g/mol. The lowest BCUT2D eigenvalue weighted by molar-refractivity contribution is -0.192. The second kappa shape index (κ2) is 12.5. The van der Waals surface area contributed by atoms with E-state index in [4.69, 9.17) is 14.4 Å². The Kier molecular flexibility index (Phi) is 8.75. The summed E-state index contributed by atoms with van der Waals surface area (Å²) >= 11 is 3.47. The molecule has 226 valence electrons. The molecule has 0 radical (unpaired) electrons. The molecule has 0 fully saturated rings. The Morgan fingerprint density at radius 1 is 1.16 bits per heavy atom. The van der Waals surface area contributed by atoms with Crippen LogP contribution in [0.5, 0.6) is 0 Å². The van der Waals surface area contributed by atoms with Crippen LogP contribution in [0.25, 0.3) is 28.1 Å². The predicted molar refractivity (Wildman–Crippen MR) is 154 cm³/mol. The summed E-state index contributed by atoms with van der Waals surface area (Å²) in [6, 6.07) is 8.03. The van der Waals surface area contributed by atoms with Gasteiger partial charge in [-0.1, -0.05) is 24.9 Å². The van der Waals surface area contributed by atoms with Crippen LogP contribution in [-0.2, 0) is 30.6 Å². The zero-order valence-electron chi connectivity index (χ0n) is 22.9. The topological polar surface area (TPSA) is 157 Å². The maximum absolute atomic E-state index is 13.3. The molecule has 1 aliphatic heterocycles. The highest BCUT2D eigenvalue weighted by atomic mass is 79.9. The van der Waals surface area contributed by atoms with Crippen molar-refractivity contribution in [3.8, 4) is 11.4 Å². The lowest BCUT2D eigenvalue weighted by atomic mass is 10.1. The Labute approximate surface area is 249 Å². The van der Waals surface area contributed by atoms with Crippen LogP contribution in [-0.4, -0.2) is 56.2 Å². The first kappa shape index (κ1) is 30.1. The molecule has 1 aromatic carbocycles. The van der Waals surface area contributed by atoms with Gasteiger partial charge in [0.2, 0.25) is 17.5 Å². The van der Waals surface area contributed by atoms with Gasteiger partial charge in [0.1, 0.15) is 11.6 Å². The molecule has 43 heavy (non-hydrogen) atoms. The number of aryl methyl sites for hydroxylation is 3. The highest BCUT2D eigenvalue weighted by Crippen LogP contribution is 2.28. The number of halogens is 4. The Bertz CT molecular complexity index is 1870. The van der Waals surface area contributed by atoms with Crippen molar-refractivity contribution >= 4 is 49.0 Å². The summed E-state index contributed by atoms with van der Waals surface area (Å²) in [5, 5.41) is 21.1. The van der Waals surface area contributed by atoms with Gasteiger partial charge in [-0.05, 0) is 53.0 Å². The molecule has 16 heteroatoms. The number of carboxylic acids is 1. The minimum Gasteiger partial charge on any atom is -0.475 e. The molecule has 2 N–H and O–H groups in total. The van der Waals surface area contributed by atoms with Crippen LogP contribution >= 0.6 is 15.9 Å². The quantitative estimate of drug-likeness (QED) is 0.199. The Morgan fingerprint density at radius 3 is 2.70 bits per heavy atom. The largest absolute Gasteiger partial charge is 0.490 e. The van der Waals surface area contributed by atoms with E-state index in [1.807, 2.05) is 35.0 Å². The van der Waals surface area contributed by atoms with E-state index in [1.54, 1.807) is 4.40 Å². The molecule has 0 aliphatic carbocycles. The first-order chi connectivity index (χ1) is 20.6. The number of nitrogens with one attached hydrogen (secondary N) is 1. The second-order valence-electron chi connectivity index (χ2n) is 9.83. The van der Waals surface area contributed by atoms with Crippen LogP contribution in [0.15, 0.2) is 44.8 Å². The molecule has 5 heterocycles. The fourth-order valence-electron chi connectivity index (χ4n) is 4.71. The lowest BCUT2D eigenvalue weighted by Gasteiger charge is -2.12. The van der Waals surface area contributed by atoms with E-state index in [-0.39, 0.29) is 5.56 Å². The standard InChI is InChI=1S/C25H25BrN8O2.C2HF3O2/c1-2-3-4-12-33-23-17(14-19(26)28-23)24(35)34-20(30-31-25(33)34)6-5-7-21-29-22(32-36-21)16-8-9-18-15(13-16)10-11-27-18;3-2(4,5)1(6)7/h8-11,13,27H,2-7,12,14H2,1H3;(H,6,7). The second-order valence-corrected chi connectivity index (χ2v) is 10.7. The lowest BCUT2D eigenvalue weighted by Crippen LogP contribution is -2.23. The van der Waals surface area contributed by atoms with Crippen LogP contribution in [0.3, 0.4) is 0 Å². The van der Waals surface area contributed by atoms with Gasteiger partial charge < -0.3 is 14.6 Å². The van der Waals surface area contributed by atoms with E-state index in [0.717, 1.165) is 46.9 Å². The fourth-order valence-corrected chi connectivity index (χ4v) is 5.16. The molecule has 0 saturated heterocycles. The van der Waals surface area contributed by atoms with Gasteiger partial charge in [-0.15, -0.1) is 10.2 Å². The van der Waals surface area contributed by atoms with Gasteiger partial charge >= 0.3 is 12.1 Å². The normalized spacial score (nSPS) is 12.8. The van der Waals surface area contributed by atoms with Crippen molar-refractivity contribution in [2.75, 3.05) is 0 Å². The van der Waals surface area contributed by atoms with E-state index < -0.39 is 12.1 Å². The Balaban J connectivity index is 0.000000472. The molecular formula is C27H26BrF3N8O4. The predicted octanol–water partition coefficient (Wildman–Crippen LogP) is 5.40. The molecule has 12 nitrogen and oxygen atoms in total.